The topological polar surface area (TPSA) is 108 Å². The van der Waals surface area contributed by atoms with Crippen LogP contribution in [0.3, 0.4) is 0 Å². The summed E-state index contributed by atoms with van der Waals surface area (Å²) in [5.74, 6) is 0.524. The molecule has 1 unspecified atom stereocenters. The van der Waals surface area contributed by atoms with Crippen LogP contribution >= 0.6 is 31.6 Å². The summed E-state index contributed by atoms with van der Waals surface area (Å²) in [6.45, 7) is 2.26. The SMILES string of the molecule is CCOC(=S)SC(CCP(=O)(O)O)c1ncn[nH]1. The van der Waals surface area contributed by atoms with Gasteiger partial charge < -0.3 is 14.5 Å². The van der Waals surface area contributed by atoms with E-state index in [0.717, 1.165) is 0 Å². The average Bonchev–Trinajstić information content (AvgIpc) is 2.76. The number of thiocarbonyl (C=S) groups is 1. The second-order valence-corrected chi connectivity index (χ2v) is 6.92. The second kappa shape index (κ2) is 7.20. The summed E-state index contributed by atoms with van der Waals surface area (Å²) in [7, 11) is -4.04. The molecule has 1 aromatic heterocycles. The van der Waals surface area contributed by atoms with Crippen molar-refractivity contribution in [2.75, 3.05) is 12.8 Å². The van der Waals surface area contributed by atoms with Crippen LogP contribution in [0.4, 0.5) is 0 Å². The normalized spacial score (nSPS) is 13.3. The van der Waals surface area contributed by atoms with E-state index in [-0.39, 0.29) is 17.8 Å². The number of rotatable bonds is 6. The highest BCUT2D eigenvalue weighted by molar-refractivity contribution is 8.22. The van der Waals surface area contributed by atoms with E-state index in [2.05, 4.69) is 15.2 Å². The third-order valence-corrected chi connectivity index (χ3v) is 4.22. The molecule has 0 aromatic carbocycles. The molecule has 102 valence electrons. The van der Waals surface area contributed by atoms with Crippen LogP contribution in [0.15, 0.2) is 6.33 Å². The zero-order chi connectivity index (χ0) is 13.6. The van der Waals surface area contributed by atoms with E-state index in [9.17, 15) is 4.57 Å². The first-order valence-electron chi connectivity index (χ1n) is 5.15. The summed E-state index contributed by atoms with van der Waals surface area (Å²) in [6, 6.07) is 0. The van der Waals surface area contributed by atoms with E-state index in [1.165, 1.54) is 18.1 Å². The number of aromatic nitrogens is 3. The van der Waals surface area contributed by atoms with Crippen LogP contribution in [0, 0.1) is 0 Å². The molecule has 1 atom stereocenters. The van der Waals surface area contributed by atoms with Gasteiger partial charge >= 0.3 is 7.60 Å². The number of hydrogen-bond donors (Lipinski definition) is 3. The predicted molar refractivity (Wildman–Crippen MR) is 72.5 cm³/mol. The highest BCUT2D eigenvalue weighted by Crippen LogP contribution is 2.40. The summed E-state index contributed by atoms with van der Waals surface area (Å²) < 4.78 is 16.4. The van der Waals surface area contributed by atoms with E-state index < -0.39 is 7.60 Å². The molecule has 0 aliphatic rings. The molecule has 0 saturated carbocycles. The van der Waals surface area contributed by atoms with E-state index in [1.807, 2.05) is 6.92 Å². The maximum atomic E-state index is 10.9. The van der Waals surface area contributed by atoms with Gasteiger partial charge in [0.15, 0.2) is 0 Å². The Hall–Kier alpha value is -0.470. The lowest BCUT2D eigenvalue weighted by Gasteiger charge is -2.14. The van der Waals surface area contributed by atoms with Crippen LogP contribution in [0.2, 0.25) is 0 Å². The Bertz CT molecular complexity index is 422. The molecule has 0 saturated heterocycles. The molecule has 1 aromatic rings. The lowest BCUT2D eigenvalue weighted by molar-refractivity contribution is 0.346. The standard InChI is InChI=1S/C8H14N3O4PS2/c1-2-15-8(17)18-6(3-4-16(12,13)14)7-9-5-10-11-7/h5-6H,2-4H2,1H3,(H,9,10,11)(H2,12,13,14). The van der Waals surface area contributed by atoms with Crippen molar-refractivity contribution in [3.63, 3.8) is 0 Å². The molecular weight excluding hydrogens is 297 g/mol. The Morgan fingerprint density at radius 3 is 2.94 bits per heavy atom. The number of thioether (sulfide) groups is 1. The van der Waals surface area contributed by atoms with Crippen molar-refractivity contribution in [3.8, 4) is 0 Å². The molecule has 1 rings (SSSR count). The van der Waals surface area contributed by atoms with Gasteiger partial charge in [0.2, 0.25) is 4.38 Å². The number of H-pyrrole nitrogens is 1. The average molecular weight is 311 g/mol. The summed E-state index contributed by atoms with van der Waals surface area (Å²) in [6.07, 6.45) is 1.33. The van der Waals surface area contributed by atoms with E-state index in [0.29, 0.717) is 16.8 Å². The first-order valence-corrected chi connectivity index (χ1v) is 8.24. The monoisotopic (exact) mass is 311 g/mol. The van der Waals surface area contributed by atoms with Gasteiger partial charge in [0.1, 0.15) is 12.2 Å². The second-order valence-electron chi connectivity index (χ2n) is 3.34. The van der Waals surface area contributed by atoms with Crippen molar-refractivity contribution >= 4 is 36.0 Å². The molecule has 3 N–H and O–H groups in total. The summed E-state index contributed by atoms with van der Waals surface area (Å²) in [5, 5.41) is 6.08. The van der Waals surface area contributed by atoms with Gasteiger partial charge in [0, 0.05) is 0 Å². The van der Waals surface area contributed by atoms with Gasteiger partial charge in [-0.25, -0.2) is 4.98 Å². The maximum absolute atomic E-state index is 10.9. The molecular formula is C8H14N3O4PS2. The van der Waals surface area contributed by atoms with Gasteiger partial charge in [-0.15, -0.1) is 0 Å². The molecule has 7 nitrogen and oxygen atoms in total. The van der Waals surface area contributed by atoms with Crippen molar-refractivity contribution < 1.29 is 19.1 Å². The molecule has 18 heavy (non-hydrogen) atoms. The van der Waals surface area contributed by atoms with Crippen LogP contribution in [-0.2, 0) is 9.30 Å². The van der Waals surface area contributed by atoms with Gasteiger partial charge in [-0.2, -0.15) is 5.10 Å². The number of ether oxygens (including phenoxy) is 1. The van der Waals surface area contributed by atoms with Crippen LogP contribution < -0.4 is 0 Å². The number of hydrogen-bond acceptors (Lipinski definition) is 6. The molecule has 0 bridgehead atoms. The molecule has 0 aliphatic heterocycles. The quantitative estimate of drug-likeness (QED) is 0.535. The predicted octanol–water partition coefficient (Wildman–Crippen LogP) is 1.47. The van der Waals surface area contributed by atoms with Crippen LogP contribution in [0.1, 0.15) is 24.4 Å². The zero-order valence-electron chi connectivity index (χ0n) is 9.65. The van der Waals surface area contributed by atoms with Gasteiger partial charge in [-0.1, -0.05) is 11.8 Å². The Labute approximate surface area is 114 Å². The lowest BCUT2D eigenvalue weighted by atomic mass is 10.3. The minimum absolute atomic E-state index is 0.233. The van der Waals surface area contributed by atoms with Crippen LogP contribution in [0.25, 0.3) is 0 Å². The summed E-state index contributed by atoms with van der Waals surface area (Å²) >= 11 is 6.20. The molecule has 0 spiro atoms. The number of aromatic amines is 1. The third kappa shape index (κ3) is 5.92. The first-order chi connectivity index (χ1) is 8.42. The summed E-state index contributed by atoms with van der Waals surface area (Å²) in [4.78, 5) is 21.8. The fourth-order valence-electron chi connectivity index (χ4n) is 1.17. The third-order valence-electron chi connectivity index (χ3n) is 1.92. The van der Waals surface area contributed by atoms with E-state index in [4.69, 9.17) is 26.7 Å². The molecule has 0 amide bonds. The van der Waals surface area contributed by atoms with Gasteiger partial charge in [0.25, 0.3) is 0 Å². The van der Waals surface area contributed by atoms with Crippen molar-refractivity contribution in [2.45, 2.75) is 18.6 Å². The largest absolute Gasteiger partial charge is 0.479 e. The molecule has 0 radical (unpaired) electrons. The highest BCUT2D eigenvalue weighted by atomic mass is 32.2. The fourth-order valence-corrected chi connectivity index (χ4v) is 3.29. The van der Waals surface area contributed by atoms with Crippen LogP contribution in [0.5, 0.6) is 0 Å². The van der Waals surface area contributed by atoms with Crippen LogP contribution in [-0.4, -0.2) is 42.1 Å². The van der Waals surface area contributed by atoms with E-state index >= 15 is 0 Å². The summed E-state index contributed by atoms with van der Waals surface area (Å²) in [5.41, 5.74) is 0. The van der Waals surface area contributed by atoms with Gasteiger partial charge in [0.05, 0.1) is 18.0 Å². The zero-order valence-corrected chi connectivity index (χ0v) is 12.2. The molecule has 0 aliphatic carbocycles. The molecule has 1 heterocycles. The number of nitrogens with one attached hydrogen (secondary N) is 1. The molecule has 0 fully saturated rings. The molecule has 10 heteroatoms. The minimum Gasteiger partial charge on any atom is -0.479 e. The Morgan fingerprint density at radius 1 is 1.72 bits per heavy atom. The number of nitrogens with zero attached hydrogens (tertiary/aromatic N) is 2. The Balaban J connectivity index is 2.64. The first kappa shape index (κ1) is 15.6. The van der Waals surface area contributed by atoms with Gasteiger partial charge in [-0.3, -0.25) is 9.66 Å². The van der Waals surface area contributed by atoms with Gasteiger partial charge in [-0.05, 0) is 25.6 Å². The van der Waals surface area contributed by atoms with Crippen molar-refractivity contribution in [1.82, 2.24) is 15.2 Å². The minimum atomic E-state index is -4.04. The van der Waals surface area contributed by atoms with Crippen molar-refractivity contribution in [2.24, 2.45) is 0 Å². The highest BCUT2D eigenvalue weighted by Gasteiger charge is 2.23. The van der Waals surface area contributed by atoms with E-state index in [1.54, 1.807) is 0 Å². The lowest BCUT2D eigenvalue weighted by Crippen LogP contribution is -2.06. The van der Waals surface area contributed by atoms with Crippen molar-refractivity contribution in [1.29, 1.82) is 0 Å². The smallest absolute Gasteiger partial charge is 0.325 e. The maximum Gasteiger partial charge on any atom is 0.325 e. The Kier molecular flexibility index (Phi) is 6.24. The fraction of sp³-hybridized carbons (Fsp3) is 0.625. The van der Waals surface area contributed by atoms with Crippen molar-refractivity contribution in [3.05, 3.63) is 12.2 Å². The Morgan fingerprint density at radius 2 is 2.44 bits per heavy atom.